The van der Waals surface area contributed by atoms with E-state index in [1.54, 1.807) is 18.2 Å². The number of nitrogens with zero attached hydrogens (tertiary/aromatic N) is 1. The van der Waals surface area contributed by atoms with Crippen LogP contribution in [0.3, 0.4) is 0 Å². The van der Waals surface area contributed by atoms with Gasteiger partial charge in [0.05, 0.1) is 11.9 Å². The number of aliphatic hydroxyl groups is 1. The van der Waals surface area contributed by atoms with Gasteiger partial charge in [0.2, 0.25) is 0 Å². The molecule has 0 amide bonds. The summed E-state index contributed by atoms with van der Waals surface area (Å²) in [6.07, 6.45) is 1.11. The molecule has 2 rings (SSSR count). The summed E-state index contributed by atoms with van der Waals surface area (Å²) in [4.78, 5) is 3.83. The summed E-state index contributed by atoms with van der Waals surface area (Å²) in [6.45, 7) is 1.53. The van der Waals surface area contributed by atoms with Crippen LogP contribution in [0.15, 0.2) is 42.6 Å². The predicted molar refractivity (Wildman–Crippen MR) is 63.9 cm³/mol. The van der Waals surface area contributed by atoms with Crippen molar-refractivity contribution >= 4 is 0 Å². The summed E-state index contributed by atoms with van der Waals surface area (Å²) in [7, 11) is 0. The fourth-order valence-electron chi connectivity index (χ4n) is 1.80. The summed E-state index contributed by atoms with van der Waals surface area (Å²) < 4.78 is 26.3. The number of pyridine rings is 1. The van der Waals surface area contributed by atoms with Crippen LogP contribution in [0, 0.1) is 11.6 Å². The Morgan fingerprint density at radius 2 is 1.89 bits per heavy atom. The van der Waals surface area contributed by atoms with Gasteiger partial charge in [-0.3, -0.25) is 4.98 Å². The second-order valence-corrected chi connectivity index (χ2v) is 4.40. The van der Waals surface area contributed by atoms with Crippen molar-refractivity contribution in [2.24, 2.45) is 0 Å². The zero-order valence-corrected chi connectivity index (χ0v) is 9.90. The lowest BCUT2D eigenvalue weighted by Crippen LogP contribution is -2.26. The molecule has 2 aromatic rings. The number of aromatic nitrogens is 1. The zero-order valence-electron chi connectivity index (χ0n) is 9.90. The molecule has 18 heavy (non-hydrogen) atoms. The van der Waals surface area contributed by atoms with Gasteiger partial charge in [0.15, 0.2) is 0 Å². The van der Waals surface area contributed by atoms with E-state index in [1.807, 2.05) is 0 Å². The van der Waals surface area contributed by atoms with E-state index in [0.29, 0.717) is 11.3 Å². The van der Waals surface area contributed by atoms with Crippen molar-refractivity contribution in [3.05, 3.63) is 65.5 Å². The molecule has 0 fully saturated rings. The molecule has 0 saturated carbocycles. The van der Waals surface area contributed by atoms with Gasteiger partial charge in [-0.25, -0.2) is 8.78 Å². The first-order valence-corrected chi connectivity index (χ1v) is 5.57. The molecule has 4 heteroatoms. The molecule has 1 heterocycles. The topological polar surface area (TPSA) is 33.1 Å². The number of hydrogen-bond acceptors (Lipinski definition) is 2. The SMILES string of the molecule is CC(O)(Cc1ccccc1F)c1ccc(F)cn1. The van der Waals surface area contributed by atoms with E-state index in [2.05, 4.69) is 4.98 Å². The van der Waals surface area contributed by atoms with Crippen LogP contribution < -0.4 is 0 Å². The van der Waals surface area contributed by atoms with Gasteiger partial charge in [-0.15, -0.1) is 0 Å². The molecule has 0 spiro atoms. The van der Waals surface area contributed by atoms with Gasteiger partial charge < -0.3 is 5.11 Å². The molecule has 0 bridgehead atoms. The van der Waals surface area contributed by atoms with Crippen LogP contribution in [-0.2, 0) is 12.0 Å². The van der Waals surface area contributed by atoms with E-state index in [1.165, 1.54) is 25.1 Å². The van der Waals surface area contributed by atoms with Crippen LogP contribution >= 0.6 is 0 Å². The first kappa shape index (κ1) is 12.6. The molecule has 0 aliphatic carbocycles. The quantitative estimate of drug-likeness (QED) is 0.907. The predicted octanol–water partition coefficient (Wildman–Crippen LogP) is 2.81. The fraction of sp³-hybridized carbons (Fsp3) is 0.214. The van der Waals surface area contributed by atoms with E-state index < -0.39 is 11.4 Å². The highest BCUT2D eigenvalue weighted by atomic mass is 19.1. The molecule has 1 N–H and O–H groups in total. The largest absolute Gasteiger partial charge is 0.383 e. The molecule has 0 aliphatic heterocycles. The van der Waals surface area contributed by atoms with Gasteiger partial charge in [-0.05, 0) is 30.7 Å². The maximum atomic E-state index is 13.5. The second-order valence-electron chi connectivity index (χ2n) is 4.40. The Hall–Kier alpha value is -1.81. The first-order valence-electron chi connectivity index (χ1n) is 5.57. The summed E-state index contributed by atoms with van der Waals surface area (Å²) in [5, 5.41) is 10.3. The van der Waals surface area contributed by atoms with Crippen molar-refractivity contribution in [1.29, 1.82) is 0 Å². The number of rotatable bonds is 3. The highest BCUT2D eigenvalue weighted by Crippen LogP contribution is 2.24. The molecule has 1 atom stereocenters. The van der Waals surface area contributed by atoms with E-state index in [9.17, 15) is 13.9 Å². The van der Waals surface area contributed by atoms with Gasteiger partial charge in [0.1, 0.15) is 17.2 Å². The van der Waals surface area contributed by atoms with E-state index in [4.69, 9.17) is 0 Å². The lowest BCUT2D eigenvalue weighted by Gasteiger charge is -2.23. The van der Waals surface area contributed by atoms with Gasteiger partial charge in [0.25, 0.3) is 0 Å². The van der Waals surface area contributed by atoms with Crippen molar-refractivity contribution in [3.63, 3.8) is 0 Å². The summed E-state index contributed by atoms with van der Waals surface area (Å²) >= 11 is 0. The zero-order chi connectivity index (χ0) is 13.2. The molecule has 94 valence electrons. The molecule has 1 aromatic carbocycles. The number of hydrogen-bond donors (Lipinski definition) is 1. The Bertz CT molecular complexity index is 538. The van der Waals surface area contributed by atoms with Crippen molar-refractivity contribution in [2.45, 2.75) is 18.9 Å². The van der Waals surface area contributed by atoms with E-state index in [0.717, 1.165) is 6.20 Å². The standard InChI is InChI=1S/C14H13F2NO/c1-14(18,13-7-6-11(15)9-17-13)8-10-4-2-3-5-12(10)16/h2-7,9,18H,8H2,1H3. The van der Waals surface area contributed by atoms with Crippen LogP contribution in [0.4, 0.5) is 8.78 Å². The molecule has 2 nitrogen and oxygen atoms in total. The lowest BCUT2D eigenvalue weighted by molar-refractivity contribution is 0.0520. The highest BCUT2D eigenvalue weighted by molar-refractivity contribution is 5.23. The van der Waals surface area contributed by atoms with Crippen LogP contribution in [0.2, 0.25) is 0 Å². The first-order chi connectivity index (χ1) is 8.49. The van der Waals surface area contributed by atoms with E-state index in [-0.39, 0.29) is 12.2 Å². The normalized spacial score (nSPS) is 14.2. The molecule has 0 saturated heterocycles. The van der Waals surface area contributed by atoms with Crippen molar-refractivity contribution < 1.29 is 13.9 Å². The third-order valence-corrected chi connectivity index (χ3v) is 2.77. The summed E-state index contributed by atoms with van der Waals surface area (Å²) in [5.74, 6) is -0.847. The molecule has 0 radical (unpaired) electrons. The number of halogens is 2. The monoisotopic (exact) mass is 249 g/mol. The maximum absolute atomic E-state index is 13.5. The molecule has 0 aliphatic rings. The van der Waals surface area contributed by atoms with Crippen molar-refractivity contribution in [2.75, 3.05) is 0 Å². The maximum Gasteiger partial charge on any atom is 0.141 e. The smallest absolute Gasteiger partial charge is 0.141 e. The van der Waals surface area contributed by atoms with Gasteiger partial charge in [-0.1, -0.05) is 18.2 Å². The Morgan fingerprint density at radius 1 is 1.17 bits per heavy atom. The molecule has 1 unspecified atom stereocenters. The van der Waals surface area contributed by atoms with E-state index >= 15 is 0 Å². The average molecular weight is 249 g/mol. The average Bonchev–Trinajstić information content (AvgIpc) is 2.32. The number of benzene rings is 1. The highest BCUT2D eigenvalue weighted by Gasteiger charge is 2.26. The van der Waals surface area contributed by atoms with Crippen molar-refractivity contribution in [1.82, 2.24) is 4.98 Å². The minimum absolute atomic E-state index is 0.0817. The third kappa shape index (κ3) is 2.71. The van der Waals surface area contributed by atoms with Crippen LogP contribution in [0.25, 0.3) is 0 Å². The summed E-state index contributed by atoms with van der Waals surface area (Å²) in [5.41, 5.74) is -0.628. The lowest BCUT2D eigenvalue weighted by atomic mass is 9.92. The van der Waals surface area contributed by atoms with Crippen LogP contribution in [-0.4, -0.2) is 10.1 Å². The van der Waals surface area contributed by atoms with Crippen LogP contribution in [0.5, 0.6) is 0 Å². The summed E-state index contributed by atoms with van der Waals surface area (Å²) in [6, 6.07) is 8.85. The third-order valence-electron chi connectivity index (χ3n) is 2.77. The molecule has 1 aromatic heterocycles. The molecular weight excluding hydrogens is 236 g/mol. The minimum Gasteiger partial charge on any atom is -0.383 e. The van der Waals surface area contributed by atoms with Gasteiger partial charge in [0, 0.05) is 6.42 Å². The van der Waals surface area contributed by atoms with Crippen LogP contribution in [0.1, 0.15) is 18.2 Å². The Balaban J connectivity index is 2.27. The Kier molecular flexibility index (Phi) is 3.39. The second kappa shape index (κ2) is 4.82. The fourth-order valence-corrected chi connectivity index (χ4v) is 1.80. The van der Waals surface area contributed by atoms with Crippen molar-refractivity contribution in [3.8, 4) is 0 Å². The van der Waals surface area contributed by atoms with Gasteiger partial charge >= 0.3 is 0 Å². The minimum atomic E-state index is -1.34. The Labute approximate surface area is 104 Å². The Morgan fingerprint density at radius 3 is 2.50 bits per heavy atom. The van der Waals surface area contributed by atoms with Gasteiger partial charge in [-0.2, -0.15) is 0 Å². The molecular formula is C14H13F2NO.